The Morgan fingerprint density at radius 3 is 2.37 bits per heavy atom. The van der Waals surface area contributed by atoms with Crippen LogP contribution in [0.1, 0.15) is 13.3 Å². The molecule has 0 spiro atoms. The van der Waals surface area contributed by atoms with Gasteiger partial charge in [-0.3, -0.25) is 0 Å². The Morgan fingerprint density at radius 1 is 1.32 bits per heavy atom. The molecule has 3 N–H and O–H groups in total. The zero-order chi connectivity index (χ0) is 14.5. The van der Waals surface area contributed by atoms with Gasteiger partial charge in [-0.05, 0) is 24.6 Å². The van der Waals surface area contributed by atoms with E-state index in [0.717, 1.165) is 6.08 Å². The first kappa shape index (κ1) is 15.4. The Balaban J connectivity index is 2.93. The van der Waals surface area contributed by atoms with Crippen molar-refractivity contribution in [2.45, 2.75) is 19.5 Å². The van der Waals surface area contributed by atoms with E-state index < -0.39 is 11.7 Å². The molecule has 6 heteroatoms. The van der Waals surface area contributed by atoms with Crippen molar-refractivity contribution in [3.8, 4) is 0 Å². The molecule has 1 rings (SSSR count). The van der Waals surface area contributed by atoms with E-state index in [1.807, 2.05) is 6.07 Å². The molecular formula is C13H14ClF3N2. The van der Waals surface area contributed by atoms with Gasteiger partial charge in [-0.1, -0.05) is 36.7 Å². The van der Waals surface area contributed by atoms with Gasteiger partial charge < -0.3 is 11.1 Å². The molecule has 0 aliphatic heterocycles. The third kappa shape index (κ3) is 4.87. The molecule has 0 radical (unpaired) electrons. The first-order valence-electron chi connectivity index (χ1n) is 5.59. The predicted octanol–water partition coefficient (Wildman–Crippen LogP) is 4.36. The van der Waals surface area contributed by atoms with Crippen molar-refractivity contribution in [2.75, 3.05) is 5.32 Å². The molecular weight excluding hydrogens is 277 g/mol. The average Bonchev–Trinajstić information content (AvgIpc) is 2.35. The van der Waals surface area contributed by atoms with E-state index in [4.69, 9.17) is 17.3 Å². The summed E-state index contributed by atoms with van der Waals surface area (Å²) in [5.41, 5.74) is 5.54. The molecule has 0 heterocycles. The topological polar surface area (TPSA) is 38.0 Å². The fourth-order valence-electron chi connectivity index (χ4n) is 1.35. The maximum absolute atomic E-state index is 12.6. The lowest BCUT2D eigenvalue weighted by molar-refractivity contribution is -0.0935. The highest BCUT2D eigenvalue weighted by Gasteiger charge is 2.32. The Morgan fingerprint density at radius 2 is 1.89 bits per heavy atom. The number of hydrogen-bond donors (Lipinski definition) is 2. The minimum Gasteiger partial charge on any atom is -0.384 e. The van der Waals surface area contributed by atoms with Gasteiger partial charge in [0.2, 0.25) is 0 Å². The van der Waals surface area contributed by atoms with E-state index >= 15 is 0 Å². The Bertz CT molecular complexity index is 478. The van der Waals surface area contributed by atoms with Crippen LogP contribution < -0.4 is 11.1 Å². The minimum absolute atomic E-state index is 0.0249. The van der Waals surface area contributed by atoms with Gasteiger partial charge in [0.25, 0.3) is 0 Å². The fourth-order valence-corrected chi connectivity index (χ4v) is 1.53. The molecule has 104 valence electrons. The van der Waals surface area contributed by atoms with Gasteiger partial charge in [0, 0.05) is 11.3 Å². The second-order valence-corrected chi connectivity index (χ2v) is 4.18. The number of anilines is 1. The zero-order valence-corrected chi connectivity index (χ0v) is 11.0. The van der Waals surface area contributed by atoms with Gasteiger partial charge in [0.05, 0.1) is 5.03 Å². The number of nitrogens with one attached hydrogen (secondary N) is 1. The third-order valence-electron chi connectivity index (χ3n) is 2.36. The highest BCUT2D eigenvalue weighted by molar-refractivity contribution is 6.31. The molecule has 0 aromatic heterocycles. The maximum atomic E-state index is 12.6. The molecule has 19 heavy (non-hydrogen) atoms. The molecule has 0 fully saturated rings. The Labute approximate surface area is 114 Å². The summed E-state index contributed by atoms with van der Waals surface area (Å²) < 4.78 is 37.7. The molecule has 0 saturated carbocycles. The molecule has 0 unspecified atom stereocenters. The first-order valence-corrected chi connectivity index (χ1v) is 5.97. The molecule has 0 bridgehead atoms. The van der Waals surface area contributed by atoms with Gasteiger partial charge in [-0.15, -0.1) is 0 Å². The van der Waals surface area contributed by atoms with E-state index in [2.05, 4.69) is 5.32 Å². The lowest BCUT2D eigenvalue weighted by Gasteiger charge is -2.11. The largest absolute Gasteiger partial charge is 0.412 e. The summed E-state index contributed by atoms with van der Waals surface area (Å²) in [5, 5.41) is 2.57. The molecule has 0 aliphatic carbocycles. The van der Waals surface area contributed by atoms with Crippen LogP contribution >= 0.6 is 11.6 Å². The van der Waals surface area contributed by atoms with Crippen LogP contribution in [0.2, 0.25) is 0 Å². The monoisotopic (exact) mass is 290 g/mol. The highest BCUT2D eigenvalue weighted by atomic mass is 35.5. The summed E-state index contributed by atoms with van der Waals surface area (Å²) in [6.45, 7) is 1.41. The second kappa shape index (κ2) is 6.52. The lowest BCUT2D eigenvalue weighted by Crippen LogP contribution is -2.13. The van der Waals surface area contributed by atoms with Crippen LogP contribution in [-0.2, 0) is 0 Å². The van der Waals surface area contributed by atoms with Crippen LogP contribution in [0.5, 0.6) is 0 Å². The van der Waals surface area contributed by atoms with Crippen molar-refractivity contribution in [1.82, 2.24) is 0 Å². The van der Waals surface area contributed by atoms with Crippen molar-refractivity contribution in [1.29, 1.82) is 0 Å². The number of alkyl halides is 3. The van der Waals surface area contributed by atoms with Crippen molar-refractivity contribution in [3.63, 3.8) is 0 Å². The van der Waals surface area contributed by atoms with Crippen LogP contribution in [0.25, 0.3) is 0 Å². The van der Waals surface area contributed by atoms with E-state index in [9.17, 15) is 13.2 Å². The van der Waals surface area contributed by atoms with Crippen LogP contribution in [-0.4, -0.2) is 6.18 Å². The van der Waals surface area contributed by atoms with E-state index in [-0.39, 0.29) is 17.3 Å². The molecule has 1 aromatic carbocycles. The van der Waals surface area contributed by atoms with E-state index in [1.54, 1.807) is 24.3 Å². The van der Waals surface area contributed by atoms with Gasteiger partial charge in [-0.2, -0.15) is 13.2 Å². The maximum Gasteiger partial charge on any atom is 0.412 e. The van der Waals surface area contributed by atoms with Gasteiger partial charge in [0.15, 0.2) is 0 Å². The normalized spacial score (nSPS) is 14.1. The minimum atomic E-state index is -4.40. The van der Waals surface area contributed by atoms with Gasteiger partial charge in [0.1, 0.15) is 5.82 Å². The second-order valence-electron chi connectivity index (χ2n) is 3.77. The number of benzene rings is 1. The highest BCUT2D eigenvalue weighted by Crippen LogP contribution is 2.29. The lowest BCUT2D eigenvalue weighted by atomic mass is 10.2. The molecule has 2 nitrogen and oxygen atoms in total. The fraction of sp³-hybridized carbons (Fsp3) is 0.231. The number of hydrogen-bond acceptors (Lipinski definition) is 2. The van der Waals surface area contributed by atoms with Crippen molar-refractivity contribution >= 4 is 17.3 Å². The zero-order valence-electron chi connectivity index (χ0n) is 10.3. The summed E-state index contributed by atoms with van der Waals surface area (Å²) in [6, 6.07) is 8.81. The smallest absolute Gasteiger partial charge is 0.384 e. The standard InChI is InChI=1S/C13H14ClF3N2/c1-2-9(13(15,16)17)8-11(14)12(18)19-10-6-4-3-5-7-10/h3-8,19H,2,18H2,1H3/b9-8+,12-11-. The van der Waals surface area contributed by atoms with Crippen LogP contribution in [0.15, 0.2) is 52.8 Å². The van der Waals surface area contributed by atoms with Crippen LogP contribution in [0.3, 0.4) is 0 Å². The molecule has 0 atom stereocenters. The van der Waals surface area contributed by atoms with E-state index in [1.165, 1.54) is 6.92 Å². The molecule has 0 saturated heterocycles. The quantitative estimate of drug-likeness (QED) is 0.808. The average molecular weight is 291 g/mol. The predicted molar refractivity (Wildman–Crippen MR) is 71.6 cm³/mol. The molecule has 0 aliphatic rings. The van der Waals surface area contributed by atoms with Gasteiger partial charge in [-0.25, -0.2) is 0 Å². The number of rotatable bonds is 4. The SMILES string of the molecule is CC/C(=C\C(Cl)=C(/N)Nc1ccccc1)C(F)(F)F. The molecule has 0 amide bonds. The van der Waals surface area contributed by atoms with Crippen LogP contribution in [0, 0.1) is 0 Å². The Kier molecular flexibility index (Phi) is 5.30. The number of halogens is 4. The van der Waals surface area contributed by atoms with Crippen molar-refractivity contribution in [2.24, 2.45) is 5.73 Å². The third-order valence-corrected chi connectivity index (χ3v) is 2.67. The van der Waals surface area contributed by atoms with Crippen molar-refractivity contribution < 1.29 is 13.2 Å². The van der Waals surface area contributed by atoms with Crippen molar-refractivity contribution in [3.05, 3.63) is 52.8 Å². The summed E-state index contributed by atoms with van der Waals surface area (Å²) >= 11 is 5.78. The summed E-state index contributed by atoms with van der Waals surface area (Å²) in [5.74, 6) is -0.0249. The van der Waals surface area contributed by atoms with E-state index in [0.29, 0.717) is 5.69 Å². The summed E-state index contributed by atoms with van der Waals surface area (Å²) in [7, 11) is 0. The van der Waals surface area contributed by atoms with Crippen LogP contribution in [0.4, 0.5) is 18.9 Å². The number of nitrogens with two attached hydrogens (primary N) is 1. The number of allylic oxidation sites excluding steroid dienone is 3. The number of para-hydroxylation sites is 1. The molecule has 1 aromatic rings. The summed E-state index contributed by atoms with van der Waals surface area (Å²) in [4.78, 5) is 0. The Hall–Kier alpha value is -1.62. The first-order chi connectivity index (χ1) is 8.84. The van der Waals surface area contributed by atoms with Gasteiger partial charge >= 0.3 is 6.18 Å². The summed E-state index contributed by atoms with van der Waals surface area (Å²) in [6.07, 6.45) is -3.73.